The van der Waals surface area contributed by atoms with Crippen LogP contribution in [-0.4, -0.2) is 44.3 Å². The average Bonchev–Trinajstić information content (AvgIpc) is 2.43. The summed E-state index contributed by atoms with van der Waals surface area (Å²) < 4.78 is 15.7. The van der Waals surface area contributed by atoms with E-state index < -0.39 is 6.10 Å². The smallest absolute Gasteiger partial charge is 0.203 e. The second-order valence-electron chi connectivity index (χ2n) is 3.91. The normalized spacial score (nSPS) is 12.1. The van der Waals surface area contributed by atoms with E-state index >= 15 is 0 Å². The number of hydrogen-bond donors (Lipinski definition) is 2. The minimum atomic E-state index is -0.705. The summed E-state index contributed by atoms with van der Waals surface area (Å²) in [5.41, 5.74) is 0.956. The maximum Gasteiger partial charge on any atom is 0.203 e. The lowest BCUT2D eigenvalue weighted by molar-refractivity contribution is 0.0885. The van der Waals surface area contributed by atoms with Crippen molar-refractivity contribution in [3.63, 3.8) is 0 Å². The first-order valence-electron chi connectivity index (χ1n) is 5.74. The van der Waals surface area contributed by atoms with Gasteiger partial charge < -0.3 is 24.4 Å². The van der Waals surface area contributed by atoms with Gasteiger partial charge >= 0.3 is 0 Å². The van der Waals surface area contributed by atoms with E-state index in [1.54, 1.807) is 21.3 Å². The van der Waals surface area contributed by atoms with E-state index in [1.807, 2.05) is 12.1 Å². The molecule has 0 aliphatic heterocycles. The van der Waals surface area contributed by atoms with Crippen molar-refractivity contribution < 1.29 is 24.4 Å². The third kappa shape index (κ3) is 3.51. The minimum absolute atomic E-state index is 0.232. The van der Waals surface area contributed by atoms with Gasteiger partial charge in [-0.05, 0) is 30.5 Å². The molecule has 0 saturated heterocycles. The van der Waals surface area contributed by atoms with Crippen molar-refractivity contribution in [2.75, 3.05) is 27.9 Å². The standard InChI is InChI=1S/C13H20O5/c1-16-11-6-9(4-5-10(15)8-14)7-12(17-2)13(11)18-3/h6-7,10,14-15H,4-5,8H2,1-3H3. The molecule has 1 atom stereocenters. The first-order chi connectivity index (χ1) is 8.65. The van der Waals surface area contributed by atoms with Crippen molar-refractivity contribution in [1.82, 2.24) is 0 Å². The number of aliphatic hydroxyl groups excluding tert-OH is 2. The van der Waals surface area contributed by atoms with Crippen LogP contribution in [0.2, 0.25) is 0 Å². The van der Waals surface area contributed by atoms with E-state index in [0.29, 0.717) is 30.1 Å². The lowest BCUT2D eigenvalue weighted by Gasteiger charge is -2.14. The van der Waals surface area contributed by atoms with Crippen molar-refractivity contribution in [3.8, 4) is 17.2 Å². The van der Waals surface area contributed by atoms with Gasteiger partial charge in [0, 0.05) is 0 Å². The molecule has 102 valence electrons. The first kappa shape index (κ1) is 14.6. The number of hydrogen-bond acceptors (Lipinski definition) is 5. The Bertz CT molecular complexity index is 353. The highest BCUT2D eigenvalue weighted by molar-refractivity contribution is 5.53. The highest BCUT2D eigenvalue weighted by atomic mass is 16.5. The van der Waals surface area contributed by atoms with E-state index in [1.165, 1.54) is 0 Å². The molecule has 1 aromatic carbocycles. The summed E-state index contributed by atoms with van der Waals surface area (Å²) in [6.07, 6.45) is 0.400. The molecule has 0 aliphatic carbocycles. The van der Waals surface area contributed by atoms with Crippen LogP contribution in [0, 0.1) is 0 Å². The molecular formula is C13H20O5. The number of methoxy groups -OCH3 is 3. The Morgan fingerprint density at radius 1 is 1.06 bits per heavy atom. The van der Waals surface area contributed by atoms with Crippen LogP contribution in [0.25, 0.3) is 0 Å². The summed E-state index contributed by atoms with van der Waals surface area (Å²) in [4.78, 5) is 0. The molecule has 0 fully saturated rings. The molecule has 5 nitrogen and oxygen atoms in total. The molecule has 0 saturated carbocycles. The fraction of sp³-hybridized carbons (Fsp3) is 0.538. The summed E-state index contributed by atoms with van der Waals surface area (Å²) in [6, 6.07) is 3.68. The molecule has 5 heteroatoms. The molecule has 18 heavy (non-hydrogen) atoms. The third-order valence-corrected chi connectivity index (χ3v) is 2.70. The minimum Gasteiger partial charge on any atom is -0.493 e. The predicted molar refractivity (Wildman–Crippen MR) is 67.5 cm³/mol. The van der Waals surface area contributed by atoms with Crippen molar-refractivity contribution >= 4 is 0 Å². The first-order valence-corrected chi connectivity index (χ1v) is 5.74. The van der Waals surface area contributed by atoms with Gasteiger partial charge in [-0.2, -0.15) is 0 Å². The maximum atomic E-state index is 9.34. The van der Waals surface area contributed by atoms with Crippen LogP contribution in [0.1, 0.15) is 12.0 Å². The van der Waals surface area contributed by atoms with E-state index in [9.17, 15) is 5.11 Å². The molecule has 0 amide bonds. The van der Waals surface area contributed by atoms with E-state index in [0.717, 1.165) is 5.56 Å². The van der Waals surface area contributed by atoms with Gasteiger partial charge in [0.1, 0.15) is 0 Å². The molecule has 0 radical (unpaired) electrons. The topological polar surface area (TPSA) is 68.2 Å². The average molecular weight is 256 g/mol. The van der Waals surface area contributed by atoms with Crippen LogP contribution < -0.4 is 14.2 Å². The zero-order chi connectivity index (χ0) is 13.5. The highest BCUT2D eigenvalue weighted by Gasteiger charge is 2.13. The Hall–Kier alpha value is -1.46. The number of rotatable bonds is 7. The SMILES string of the molecule is COc1cc(CCC(O)CO)cc(OC)c1OC. The van der Waals surface area contributed by atoms with E-state index in [2.05, 4.69) is 0 Å². The zero-order valence-corrected chi connectivity index (χ0v) is 11.0. The van der Waals surface area contributed by atoms with Gasteiger partial charge in [-0.3, -0.25) is 0 Å². The number of aliphatic hydroxyl groups is 2. The number of ether oxygens (including phenoxy) is 3. The second kappa shape index (κ2) is 7.08. The highest BCUT2D eigenvalue weighted by Crippen LogP contribution is 2.38. The molecule has 0 spiro atoms. The Balaban J connectivity index is 2.93. The van der Waals surface area contributed by atoms with Crippen molar-refractivity contribution in [3.05, 3.63) is 17.7 Å². The fourth-order valence-corrected chi connectivity index (χ4v) is 1.70. The molecule has 1 aromatic rings. The maximum absolute atomic E-state index is 9.34. The van der Waals surface area contributed by atoms with E-state index in [-0.39, 0.29) is 6.61 Å². The van der Waals surface area contributed by atoms with E-state index in [4.69, 9.17) is 19.3 Å². The monoisotopic (exact) mass is 256 g/mol. The zero-order valence-electron chi connectivity index (χ0n) is 11.0. The molecule has 0 heterocycles. The van der Waals surface area contributed by atoms with Gasteiger partial charge in [-0.1, -0.05) is 0 Å². The molecule has 1 rings (SSSR count). The lowest BCUT2D eigenvalue weighted by atomic mass is 10.1. The molecule has 0 aromatic heterocycles. The fourth-order valence-electron chi connectivity index (χ4n) is 1.70. The van der Waals surface area contributed by atoms with Gasteiger partial charge in [0.15, 0.2) is 11.5 Å². The van der Waals surface area contributed by atoms with Gasteiger partial charge in [-0.25, -0.2) is 0 Å². The molecule has 0 bridgehead atoms. The number of benzene rings is 1. The molecule has 0 aliphatic rings. The van der Waals surface area contributed by atoms with Crippen LogP contribution in [0.5, 0.6) is 17.2 Å². The van der Waals surface area contributed by atoms with Crippen LogP contribution >= 0.6 is 0 Å². The van der Waals surface area contributed by atoms with Crippen LogP contribution in [-0.2, 0) is 6.42 Å². The molecular weight excluding hydrogens is 236 g/mol. The second-order valence-corrected chi connectivity index (χ2v) is 3.91. The van der Waals surface area contributed by atoms with Crippen LogP contribution in [0.3, 0.4) is 0 Å². The lowest BCUT2D eigenvalue weighted by Crippen LogP contribution is -2.12. The van der Waals surface area contributed by atoms with Gasteiger partial charge in [0.25, 0.3) is 0 Å². The van der Waals surface area contributed by atoms with Crippen molar-refractivity contribution in [1.29, 1.82) is 0 Å². The predicted octanol–water partition coefficient (Wildman–Crippen LogP) is 0.998. The Kier molecular flexibility index (Phi) is 5.74. The van der Waals surface area contributed by atoms with Crippen LogP contribution in [0.15, 0.2) is 12.1 Å². The van der Waals surface area contributed by atoms with Gasteiger partial charge in [-0.15, -0.1) is 0 Å². The summed E-state index contributed by atoms with van der Waals surface area (Å²) in [5.74, 6) is 1.72. The summed E-state index contributed by atoms with van der Waals surface area (Å²) in [5, 5.41) is 18.1. The van der Waals surface area contributed by atoms with Gasteiger partial charge in [0.05, 0.1) is 34.0 Å². The van der Waals surface area contributed by atoms with Gasteiger partial charge in [0.2, 0.25) is 5.75 Å². The van der Waals surface area contributed by atoms with Crippen molar-refractivity contribution in [2.45, 2.75) is 18.9 Å². The summed E-state index contributed by atoms with van der Waals surface area (Å²) >= 11 is 0. The van der Waals surface area contributed by atoms with Crippen LogP contribution in [0.4, 0.5) is 0 Å². The Labute approximate surface area is 107 Å². The Morgan fingerprint density at radius 2 is 1.61 bits per heavy atom. The number of aryl methyl sites for hydroxylation is 1. The Morgan fingerprint density at radius 3 is 2.00 bits per heavy atom. The molecule has 2 N–H and O–H groups in total. The largest absolute Gasteiger partial charge is 0.493 e. The quantitative estimate of drug-likeness (QED) is 0.761. The third-order valence-electron chi connectivity index (χ3n) is 2.70. The summed E-state index contributed by atoms with van der Waals surface area (Å²) in [6.45, 7) is -0.232. The molecule has 1 unspecified atom stereocenters. The summed E-state index contributed by atoms with van der Waals surface area (Å²) in [7, 11) is 4.67. The van der Waals surface area contributed by atoms with Crippen molar-refractivity contribution in [2.24, 2.45) is 0 Å².